The lowest BCUT2D eigenvalue weighted by Crippen LogP contribution is -2.29. The molecule has 0 aliphatic rings. The molecule has 0 bridgehead atoms. The number of carbonyl (C=O) groups excluding carboxylic acids is 1. The van der Waals surface area contributed by atoms with Crippen LogP contribution in [0.4, 0.5) is 4.39 Å². The molecule has 0 unspecified atom stereocenters. The minimum absolute atomic E-state index is 0.0491. The van der Waals surface area contributed by atoms with Crippen LogP contribution in [0.2, 0.25) is 0 Å². The van der Waals surface area contributed by atoms with Crippen LogP contribution in [0.1, 0.15) is 48.4 Å². The maximum atomic E-state index is 13.3. The minimum Gasteiger partial charge on any atom is -0.375 e. The van der Waals surface area contributed by atoms with Crippen LogP contribution in [-0.2, 0) is 10.2 Å². The third-order valence-electron chi connectivity index (χ3n) is 3.97. The fraction of sp³-hybridized carbons (Fsp3) is 0.350. The first kappa shape index (κ1) is 18.1. The SMILES string of the molecule is CO[C@@H](CNC(=O)c1ccc(C(C)(C)C)cc1)c1cccc(F)c1. The smallest absolute Gasteiger partial charge is 0.251 e. The number of benzene rings is 2. The average Bonchev–Trinajstić information content (AvgIpc) is 2.54. The summed E-state index contributed by atoms with van der Waals surface area (Å²) >= 11 is 0. The highest BCUT2D eigenvalue weighted by Gasteiger charge is 2.16. The van der Waals surface area contributed by atoms with Gasteiger partial charge in [0.05, 0.1) is 6.10 Å². The van der Waals surface area contributed by atoms with Crippen LogP contribution >= 0.6 is 0 Å². The van der Waals surface area contributed by atoms with Crippen LogP contribution in [0.25, 0.3) is 0 Å². The summed E-state index contributed by atoms with van der Waals surface area (Å²) < 4.78 is 18.7. The average molecular weight is 329 g/mol. The minimum atomic E-state index is -0.390. The predicted octanol–water partition coefficient (Wildman–Crippen LogP) is 4.24. The highest BCUT2D eigenvalue weighted by Crippen LogP contribution is 2.22. The van der Waals surface area contributed by atoms with E-state index in [1.165, 1.54) is 17.7 Å². The lowest BCUT2D eigenvalue weighted by molar-refractivity contribution is 0.0827. The Morgan fingerprint density at radius 2 is 1.83 bits per heavy atom. The Hall–Kier alpha value is -2.20. The maximum absolute atomic E-state index is 13.3. The normalized spacial score (nSPS) is 12.7. The lowest BCUT2D eigenvalue weighted by Gasteiger charge is -2.19. The molecule has 1 amide bonds. The Morgan fingerprint density at radius 3 is 2.38 bits per heavy atom. The largest absolute Gasteiger partial charge is 0.375 e. The molecule has 0 heterocycles. The van der Waals surface area contributed by atoms with Crippen molar-refractivity contribution in [2.24, 2.45) is 0 Å². The number of halogens is 1. The van der Waals surface area contributed by atoms with Crippen LogP contribution in [0.3, 0.4) is 0 Å². The van der Waals surface area contributed by atoms with Crippen molar-refractivity contribution in [2.45, 2.75) is 32.3 Å². The van der Waals surface area contributed by atoms with Gasteiger partial charge >= 0.3 is 0 Å². The number of ether oxygens (including phenoxy) is 1. The van der Waals surface area contributed by atoms with Crippen molar-refractivity contribution < 1.29 is 13.9 Å². The molecular formula is C20H24FNO2. The highest BCUT2D eigenvalue weighted by atomic mass is 19.1. The van der Waals surface area contributed by atoms with Crippen molar-refractivity contribution in [3.8, 4) is 0 Å². The Balaban J connectivity index is 2.01. The van der Waals surface area contributed by atoms with Crippen molar-refractivity contribution in [3.63, 3.8) is 0 Å². The molecular weight excluding hydrogens is 305 g/mol. The van der Waals surface area contributed by atoms with E-state index < -0.39 is 6.10 Å². The first-order valence-corrected chi connectivity index (χ1v) is 7.98. The second kappa shape index (κ2) is 7.58. The van der Waals surface area contributed by atoms with E-state index in [0.717, 1.165) is 0 Å². The third kappa shape index (κ3) is 4.65. The van der Waals surface area contributed by atoms with E-state index in [0.29, 0.717) is 11.1 Å². The van der Waals surface area contributed by atoms with E-state index in [9.17, 15) is 9.18 Å². The van der Waals surface area contributed by atoms with Crippen molar-refractivity contribution in [3.05, 3.63) is 71.0 Å². The van der Waals surface area contributed by atoms with E-state index in [1.807, 2.05) is 24.3 Å². The standard InChI is InChI=1S/C20H24FNO2/c1-20(2,3)16-10-8-14(9-11-16)19(23)22-13-18(24-4)15-6-5-7-17(21)12-15/h5-12,18H,13H2,1-4H3,(H,22,23)/t18-/m0/s1. The summed E-state index contributed by atoms with van der Waals surface area (Å²) in [7, 11) is 1.54. The Labute approximate surface area is 142 Å². The van der Waals surface area contributed by atoms with E-state index in [2.05, 4.69) is 26.1 Å². The molecule has 1 N–H and O–H groups in total. The quantitative estimate of drug-likeness (QED) is 0.891. The topological polar surface area (TPSA) is 38.3 Å². The monoisotopic (exact) mass is 329 g/mol. The van der Waals surface area contributed by atoms with Gasteiger partial charge in [-0.3, -0.25) is 4.79 Å². The van der Waals surface area contributed by atoms with Crippen molar-refractivity contribution >= 4 is 5.91 Å². The molecule has 2 aromatic carbocycles. The van der Waals surface area contributed by atoms with Gasteiger partial charge in [0.25, 0.3) is 5.91 Å². The summed E-state index contributed by atoms with van der Waals surface area (Å²) in [5, 5.41) is 2.84. The summed E-state index contributed by atoms with van der Waals surface area (Å²) in [5.41, 5.74) is 2.51. The molecule has 3 nitrogen and oxygen atoms in total. The Morgan fingerprint density at radius 1 is 1.17 bits per heavy atom. The van der Waals surface area contributed by atoms with Gasteiger partial charge < -0.3 is 10.1 Å². The summed E-state index contributed by atoms with van der Waals surface area (Å²) in [6, 6.07) is 13.8. The molecule has 128 valence electrons. The molecule has 0 aromatic heterocycles. The fourth-order valence-corrected chi connectivity index (χ4v) is 2.45. The van der Waals surface area contributed by atoms with Crippen LogP contribution in [-0.4, -0.2) is 19.6 Å². The first-order valence-electron chi connectivity index (χ1n) is 7.98. The predicted molar refractivity (Wildman–Crippen MR) is 93.6 cm³/mol. The second-order valence-corrected chi connectivity index (χ2v) is 6.82. The van der Waals surface area contributed by atoms with Gasteiger partial charge in [0.15, 0.2) is 0 Å². The van der Waals surface area contributed by atoms with E-state index in [1.54, 1.807) is 19.2 Å². The second-order valence-electron chi connectivity index (χ2n) is 6.82. The number of carbonyl (C=O) groups is 1. The summed E-state index contributed by atoms with van der Waals surface area (Å²) in [5.74, 6) is -0.493. The van der Waals surface area contributed by atoms with Crippen LogP contribution in [0.15, 0.2) is 48.5 Å². The zero-order valence-corrected chi connectivity index (χ0v) is 14.6. The molecule has 0 saturated heterocycles. The number of hydrogen-bond donors (Lipinski definition) is 1. The van der Waals surface area contributed by atoms with Crippen LogP contribution in [0, 0.1) is 5.82 Å². The molecule has 2 aromatic rings. The molecule has 2 rings (SSSR count). The first-order chi connectivity index (χ1) is 11.3. The molecule has 0 radical (unpaired) electrons. The number of nitrogens with one attached hydrogen (secondary N) is 1. The van der Waals surface area contributed by atoms with Gasteiger partial charge in [-0.25, -0.2) is 4.39 Å². The van der Waals surface area contributed by atoms with Crippen molar-refractivity contribution in [2.75, 3.05) is 13.7 Å². The Bertz CT molecular complexity index is 690. The van der Waals surface area contributed by atoms with Crippen molar-refractivity contribution in [1.82, 2.24) is 5.32 Å². The van der Waals surface area contributed by atoms with Crippen LogP contribution in [0.5, 0.6) is 0 Å². The van der Waals surface area contributed by atoms with Gasteiger partial charge in [-0.15, -0.1) is 0 Å². The number of rotatable bonds is 5. The van der Waals surface area contributed by atoms with Gasteiger partial charge in [0.2, 0.25) is 0 Å². The maximum Gasteiger partial charge on any atom is 0.251 e. The zero-order valence-electron chi connectivity index (χ0n) is 14.6. The van der Waals surface area contributed by atoms with Gasteiger partial charge in [0.1, 0.15) is 5.82 Å². The molecule has 24 heavy (non-hydrogen) atoms. The molecule has 0 spiro atoms. The van der Waals surface area contributed by atoms with E-state index in [-0.39, 0.29) is 23.7 Å². The number of hydrogen-bond acceptors (Lipinski definition) is 2. The molecule has 0 saturated carbocycles. The molecule has 1 atom stereocenters. The lowest BCUT2D eigenvalue weighted by atomic mass is 9.87. The molecule has 0 aliphatic carbocycles. The third-order valence-corrected chi connectivity index (χ3v) is 3.97. The van der Waals surface area contributed by atoms with Gasteiger partial charge in [-0.05, 0) is 40.8 Å². The molecule has 0 aliphatic heterocycles. The van der Waals surface area contributed by atoms with E-state index in [4.69, 9.17) is 4.74 Å². The summed E-state index contributed by atoms with van der Waals surface area (Å²) in [6.45, 7) is 6.67. The summed E-state index contributed by atoms with van der Waals surface area (Å²) in [6.07, 6.45) is -0.390. The summed E-state index contributed by atoms with van der Waals surface area (Å²) in [4.78, 5) is 12.3. The van der Waals surface area contributed by atoms with Gasteiger partial charge in [-0.1, -0.05) is 45.0 Å². The molecule has 0 fully saturated rings. The van der Waals surface area contributed by atoms with Crippen LogP contribution < -0.4 is 5.32 Å². The van der Waals surface area contributed by atoms with Gasteiger partial charge in [-0.2, -0.15) is 0 Å². The zero-order chi connectivity index (χ0) is 17.7. The van der Waals surface area contributed by atoms with Crippen molar-refractivity contribution in [1.29, 1.82) is 0 Å². The molecule has 4 heteroatoms. The fourth-order valence-electron chi connectivity index (χ4n) is 2.45. The van der Waals surface area contributed by atoms with E-state index >= 15 is 0 Å². The number of methoxy groups -OCH3 is 1. The van der Waals surface area contributed by atoms with Gasteiger partial charge in [0, 0.05) is 19.2 Å². The Kier molecular flexibility index (Phi) is 5.73. The highest BCUT2D eigenvalue weighted by molar-refractivity contribution is 5.94. The number of amides is 1.